The number of hydrogen-bond donors (Lipinski definition) is 3. The molecule has 1 aromatic carbocycles. The molecular formula is C18H19F2NO6. The fourth-order valence-electron chi connectivity index (χ4n) is 3.09. The van der Waals surface area contributed by atoms with Crippen LogP contribution in [0.4, 0.5) is 8.78 Å². The molecule has 3 atom stereocenters. The molecule has 2 aliphatic heterocycles. The third-order valence-electron chi connectivity index (χ3n) is 4.31. The molecule has 1 saturated heterocycles. The molecule has 7 nitrogen and oxygen atoms in total. The first-order valence-electron chi connectivity index (χ1n) is 8.26. The van der Waals surface area contributed by atoms with Gasteiger partial charge in [-0.15, -0.1) is 0 Å². The fraction of sp³-hybridized carbons (Fsp3) is 0.389. The first kappa shape index (κ1) is 19.3. The van der Waals surface area contributed by atoms with E-state index < -0.39 is 36.5 Å². The SMILES string of the molecule is C=C1C=C(CN)c2ccc(OC3CC(O)CC(C(=O)O)O3)c(C(F)F)c2O1. The van der Waals surface area contributed by atoms with Gasteiger partial charge in [-0.25, -0.2) is 13.6 Å². The highest BCUT2D eigenvalue weighted by Crippen LogP contribution is 2.45. The molecule has 3 rings (SSSR count). The lowest BCUT2D eigenvalue weighted by atomic mass is 9.98. The van der Waals surface area contributed by atoms with E-state index >= 15 is 0 Å². The maximum absolute atomic E-state index is 13.8. The number of aliphatic hydroxyl groups is 1. The minimum atomic E-state index is -2.94. The Bertz CT molecular complexity index is 794. The van der Waals surface area contributed by atoms with E-state index in [4.69, 9.17) is 25.1 Å². The van der Waals surface area contributed by atoms with Crippen LogP contribution in [0.15, 0.2) is 30.5 Å². The molecule has 0 amide bonds. The van der Waals surface area contributed by atoms with Crippen LogP contribution < -0.4 is 15.2 Å². The molecule has 0 bridgehead atoms. The molecule has 0 aromatic heterocycles. The van der Waals surface area contributed by atoms with E-state index in [0.717, 1.165) is 0 Å². The average Bonchev–Trinajstić information content (AvgIpc) is 2.59. The number of carboxylic acid groups (broad SMARTS) is 1. The lowest BCUT2D eigenvalue weighted by Gasteiger charge is -2.32. The zero-order chi connectivity index (χ0) is 19.7. The van der Waals surface area contributed by atoms with Gasteiger partial charge in [0.15, 0.2) is 6.10 Å². The first-order chi connectivity index (χ1) is 12.8. The smallest absolute Gasteiger partial charge is 0.333 e. The highest BCUT2D eigenvalue weighted by Gasteiger charge is 2.35. The zero-order valence-corrected chi connectivity index (χ0v) is 14.2. The van der Waals surface area contributed by atoms with Gasteiger partial charge in [-0.3, -0.25) is 0 Å². The number of carbonyl (C=O) groups is 1. The summed E-state index contributed by atoms with van der Waals surface area (Å²) in [4.78, 5) is 11.1. The minimum absolute atomic E-state index is 0.0505. The number of fused-ring (bicyclic) bond motifs is 1. The highest BCUT2D eigenvalue weighted by atomic mass is 19.3. The van der Waals surface area contributed by atoms with Crippen molar-refractivity contribution in [2.75, 3.05) is 6.54 Å². The van der Waals surface area contributed by atoms with Crippen molar-refractivity contribution in [3.8, 4) is 11.5 Å². The quantitative estimate of drug-likeness (QED) is 0.715. The Hall–Kier alpha value is -2.49. The first-order valence-corrected chi connectivity index (χ1v) is 8.26. The van der Waals surface area contributed by atoms with Crippen molar-refractivity contribution < 1.29 is 38.0 Å². The number of alkyl halides is 2. The van der Waals surface area contributed by atoms with Gasteiger partial charge in [0.05, 0.1) is 6.10 Å². The Morgan fingerprint density at radius 2 is 2.15 bits per heavy atom. The summed E-state index contributed by atoms with van der Waals surface area (Å²) >= 11 is 0. The number of halogens is 2. The van der Waals surface area contributed by atoms with Crippen LogP contribution in [-0.4, -0.2) is 41.2 Å². The maximum atomic E-state index is 13.8. The number of rotatable bonds is 5. The van der Waals surface area contributed by atoms with E-state index in [9.17, 15) is 18.7 Å². The van der Waals surface area contributed by atoms with Crippen molar-refractivity contribution in [3.05, 3.63) is 41.7 Å². The Morgan fingerprint density at radius 1 is 1.41 bits per heavy atom. The van der Waals surface area contributed by atoms with E-state index in [-0.39, 0.29) is 36.6 Å². The van der Waals surface area contributed by atoms with Crippen molar-refractivity contribution in [2.24, 2.45) is 5.73 Å². The van der Waals surface area contributed by atoms with Gasteiger partial charge in [0.1, 0.15) is 22.8 Å². The molecule has 2 heterocycles. The molecule has 4 N–H and O–H groups in total. The summed E-state index contributed by atoms with van der Waals surface area (Å²) in [5.41, 5.74) is 6.15. The average molecular weight is 383 g/mol. The van der Waals surface area contributed by atoms with Crippen LogP contribution in [0, 0.1) is 0 Å². The molecule has 0 radical (unpaired) electrons. The van der Waals surface area contributed by atoms with Gasteiger partial charge in [-0.1, -0.05) is 6.58 Å². The van der Waals surface area contributed by atoms with Crippen molar-refractivity contribution in [2.45, 2.75) is 37.8 Å². The Labute approximate surface area is 153 Å². The summed E-state index contributed by atoms with van der Waals surface area (Å²) < 4.78 is 43.7. The topological polar surface area (TPSA) is 111 Å². The zero-order valence-electron chi connectivity index (χ0n) is 14.2. The standard InChI is InChI=1S/C18H19F2NO6/c1-8-4-9(7-21)11-2-3-12(15(17(19)20)16(11)25-8)26-14-6-10(22)5-13(27-14)18(23)24/h2-4,10,13-14,17,22H,1,5-7,21H2,(H,23,24). The molecule has 0 aliphatic carbocycles. The normalized spacial score (nSPS) is 24.9. The van der Waals surface area contributed by atoms with Crippen molar-refractivity contribution in [1.29, 1.82) is 0 Å². The molecule has 146 valence electrons. The second-order valence-electron chi connectivity index (χ2n) is 6.23. The lowest BCUT2D eigenvalue weighted by molar-refractivity contribution is -0.195. The third-order valence-corrected chi connectivity index (χ3v) is 4.31. The van der Waals surface area contributed by atoms with Crippen LogP contribution in [0.3, 0.4) is 0 Å². The number of aliphatic hydroxyl groups excluding tert-OH is 1. The molecule has 0 saturated carbocycles. The second-order valence-corrected chi connectivity index (χ2v) is 6.23. The number of aliphatic carboxylic acids is 1. The van der Waals surface area contributed by atoms with Gasteiger partial charge in [-0.2, -0.15) is 0 Å². The summed E-state index contributed by atoms with van der Waals surface area (Å²) in [6.45, 7) is 3.74. The summed E-state index contributed by atoms with van der Waals surface area (Å²) in [5, 5.41) is 18.9. The monoisotopic (exact) mass is 383 g/mol. The van der Waals surface area contributed by atoms with Gasteiger partial charge in [-0.05, 0) is 23.8 Å². The van der Waals surface area contributed by atoms with Crippen LogP contribution >= 0.6 is 0 Å². The summed E-state index contributed by atoms with van der Waals surface area (Å²) in [5.74, 6) is -1.43. The molecule has 2 aliphatic rings. The largest absolute Gasteiger partial charge is 0.479 e. The molecule has 9 heteroatoms. The number of ether oxygens (including phenoxy) is 3. The van der Waals surface area contributed by atoms with Crippen molar-refractivity contribution in [3.63, 3.8) is 0 Å². The number of hydrogen-bond acceptors (Lipinski definition) is 6. The molecule has 27 heavy (non-hydrogen) atoms. The van der Waals surface area contributed by atoms with Crippen LogP contribution in [0.25, 0.3) is 5.57 Å². The number of allylic oxidation sites excluding steroid dienone is 1. The van der Waals surface area contributed by atoms with Crippen LogP contribution in [0.5, 0.6) is 11.5 Å². The molecule has 1 fully saturated rings. The third kappa shape index (κ3) is 3.95. The van der Waals surface area contributed by atoms with Gasteiger partial charge in [0, 0.05) is 24.9 Å². The summed E-state index contributed by atoms with van der Waals surface area (Å²) in [6, 6.07) is 2.84. The molecule has 3 unspecified atom stereocenters. The van der Waals surface area contributed by atoms with Crippen molar-refractivity contribution >= 4 is 11.5 Å². The van der Waals surface area contributed by atoms with Gasteiger partial charge < -0.3 is 30.2 Å². The Kier molecular flexibility index (Phi) is 5.45. The number of benzene rings is 1. The van der Waals surface area contributed by atoms with E-state index in [0.29, 0.717) is 11.1 Å². The van der Waals surface area contributed by atoms with Crippen LogP contribution in [0.1, 0.15) is 30.4 Å². The second kappa shape index (κ2) is 7.63. The van der Waals surface area contributed by atoms with Gasteiger partial charge >= 0.3 is 5.97 Å². The molecular weight excluding hydrogens is 364 g/mol. The van der Waals surface area contributed by atoms with E-state index in [1.807, 2.05) is 0 Å². The Morgan fingerprint density at radius 3 is 2.78 bits per heavy atom. The predicted octanol–water partition coefficient (Wildman–Crippen LogP) is 2.20. The van der Waals surface area contributed by atoms with E-state index in [1.165, 1.54) is 12.1 Å². The fourth-order valence-corrected chi connectivity index (χ4v) is 3.09. The van der Waals surface area contributed by atoms with Crippen LogP contribution in [0.2, 0.25) is 0 Å². The minimum Gasteiger partial charge on any atom is -0.479 e. The number of nitrogens with two attached hydrogens (primary N) is 1. The van der Waals surface area contributed by atoms with E-state index in [1.54, 1.807) is 6.08 Å². The number of carboxylic acids is 1. The summed E-state index contributed by atoms with van der Waals surface area (Å²) in [6.07, 6.45) is -4.99. The van der Waals surface area contributed by atoms with Gasteiger partial charge in [0.2, 0.25) is 6.29 Å². The summed E-state index contributed by atoms with van der Waals surface area (Å²) in [7, 11) is 0. The van der Waals surface area contributed by atoms with Gasteiger partial charge in [0.25, 0.3) is 6.43 Å². The Balaban J connectivity index is 1.95. The maximum Gasteiger partial charge on any atom is 0.333 e. The lowest BCUT2D eigenvalue weighted by Crippen LogP contribution is -2.42. The predicted molar refractivity (Wildman–Crippen MR) is 90.4 cm³/mol. The molecule has 0 spiro atoms. The highest BCUT2D eigenvalue weighted by molar-refractivity contribution is 5.78. The van der Waals surface area contributed by atoms with E-state index in [2.05, 4.69) is 6.58 Å². The molecule has 1 aromatic rings. The van der Waals surface area contributed by atoms with Crippen LogP contribution in [-0.2, 0) is 9.53 Å². The van der Waals surface area contributed by atoms with Crippen molar-refractivity contribution in [1.82, 2.24) is 0 Å².